The molecular formula is C28H25FN4O4S. The molecule has 10 heteroatoms. The van der Waals surface area contributed by atoms with Crippen LogP contribution in [0, 0.1) is 19.7 Å². The van der Waals surface area contributed by atoms with E-state index in [4.69, 9.17) is 10.5 Å². The number of hydrogen-bond acceptors (Lipinski definition) is 7. The van der Waals surface area contributed by atoms with Crippen molar-refractivity contribution in [1.29, 1.82) is 0 Å². The van der Waals surface area contributed by atoms with Crippen molar-refractivity contribution in [2.24, 2.45) is 0 Å². The first-order chi connectivity index (χ1) is 18.0. The molecule has 0 saturated heterocycles. The zero-order valence-electron chi connectivity index (χ0n) is 21.0. The number of ether oxygens (including phenoxy) is 1. The van der Waals surface area contributed by atoms with E-state index in [0.717, 1.165) is 17.4 Å². The summed E-state index contributed by atoms with van der Waals surface area (Å²) in [5, 5.41) is 4.32. The quantitative estimate of drug-likeness (QED) is 0.341. The summed E-state index contributed by atoms with van der Waals surface area (Å²) in [7, 11) is -3.41. The molecule has 2 heterocycles. The molecule has 0 unspecified atom stereocenters. The number of halogens is 1. The lowest BCUT2D eigenvalue weighted by molar-refractivity contribution is 0.103. The average molecular weight is 533 g/mol. The number of aryl methyl sites for hydroxylation is 2. The van der Waals surface area contributed by atoms with E-state index in [1.54, 1.807) is 18.3 Å². The Morgan fingerprint density at radius 3 is 2.61 bits per heavy atom. The van der Waals surface area contributed by atoms with Crippen LogP contribution in [0.4, 0.5) is 10.2 Å². The van der Waals surface area contributed by atoms with Crippen LogP contribution >= 0.6 is 0 Å². The van der Waals surface area contributed by atoms with Crippen molar-refractivity contribution in [3.8, 4) is 17.3 Å². The van der Waals surface area contributed by atoms with Crippen LogP contribution in [0.5, 0.6) is 11.6 Å². The third kappa shape index (κ3) is 4.95. The molecular weight excluding hydrogens is 507 g/mol. The van der Waals surface area contributed by atoms with Crippen LogP contribution in [0.1, 0.15) is 38.2 Å². The molecule has 38 heavy (non-hydrogen) atoms. The number of benzene rings is 2. The Hall–Kier alpha value is -4.31. The van der Waals surface area contributed by atoms with Gasteiger partial charge in [0, 0.05) is 29.9 Å². The summed E-state index contributed by atoms with van der Waals surface area (Å²) in [5.74, 6) is -0.0958. The van der Waals surface area contributed by atoms with E-state index in [0.29, 0.717) is 34.0 Å². The maximum absolute atomic E-state index is 14.5. The highest BCUT2D eigenvalue weighted by molar-refractivity contribution is 7.89. The third-order valence-corrected chi connectivity index (χ3v) is 7.21. The van der Waals surface area contributed by atoms with Crippen molar-refractivity contribution in [3.63, 3.8) is 0 Å². The van der Waals surface area contributed by atoms with Crippen molar-refractivity contribution < 1.29 is 22.3 Å². The van der Waals surface area contributed by atoms with Gasteiger partial charge in [-0.25, -0.2) is 22.5 Å². The maximum atomic E-state index is 14.5. The van der Waals surface area contributed by atoms with Gasteiger partial charge in [-0.1, -0.05) is 24.3 Å². The lowest BCUT2D eigenvalue weighted by Gasteiger charge is -2.11. The topological polar surface area (TPSA) is 117 Å². The van der Waals surface area contributed by atoms with Crippen LogP contribution in [0.3, 0.4) is 0 Å². The molecule has 1 aliphatic rings. The van der Waals surface area contributed by atoms with E-state index in [9.17, 15) is 17.6 Å². The van der Waals surface area contributed by atoms with Crippen molar-refractivity contribution in [2.75, 3.05) is 12.0 Å². The Balaban J connectivity index is 1.38. The number of fused-ring (bicyclic) bond motifs is 1. The molecule has 0 radical (unpaired) electrons. The largest absolute Gasteiger partial charge is 0.439 e. The second kappa shape index (κ2) is 9.53. The Labute approximate surface area is 219 Å². The number of nitrogen functional groups attached to an aromatic ring is 1. The Kier molecular flexibility index (Phi) is 6.36. The number of carbonyl (C=O) groups excluding carboxylic acids is 1. The van der Waals surface area contributed by atoms with Gasteiger partial charge in [-0.15, -0.1) is 0 Å². The molecule has 5 rings (SSSR count). The molecule has 8 nitrogen and oxygen atoms in total. The van der Waals surface area contributed by atoms with Crippen LogP contribution in [0.2, 0.25) is 0 Å². The highest BCUT2D eigenvalue weighted by Gasteiger charge is 2.26. The van der Waals surface area contributed by atoms with Gasteiger partial charge >= 0.3 is 0 Å². The van der Waals surface area contributed by atoms with Crippen LogP contribution in [0.15, 0.2) is 60.4 Å². The Morgan fingerprint density at radius 2 is 1.89 bits per heavy atom. The smallest absolute Gasteiger partial charge is 0.219 e. The number of rotatable bonds is 7. The minimum atomic E-state index is -3.41. The number of sulfone groups is 1. The first kappa shape index (κ1) is 25.3. The zero-order chi connectivity index (χ0) is 27.2. The number of Topliss-reactive ketones (excluding diaryl/α,β-unsaturated/α-hetero) is 1. The summed E-state index contributed by atoms with van der Waals surface area (Å²) in [6.07, 6.45) is 5.87. The number of pyridine rings is 1. The first-order valence-electron chi connectivity index (χ1n) is 11.8. The Morgan fingerprint density at radius 1 is 1.13 bits per heavy atom. The molecule has 2 N–H and O–H groups in total. The van der Waals surface area contributed by atoms with E-state index in [1.807, 2.05) is 38.1 Å². The number of nitrogens with two attached hydrogens (primary N) is 1. The lowest BCUT2D eigenvalue weighted by atomic mass is 10.0. The van der Waals surface area contributed by atoms with Crippen molar-refractivity contribution in [3.05, 3.63) is 99.6 Å². The fourth-order valence-electron chi connectivity index (χ4n) is 4.44. The van der Waals surface area contributed by atoms with Crippen LogP contribution in [0.25, 0.3) is 11.8 Å². The lowest BCUT2D eigenvalue weighted by Crippen LogP contribution is -2.09. The molecule has 0 atom stereocenters. The van der Waals surface area contributed by atoms with E-state index >= 15 is 0 Å². The SMILES string of the molecule is Cc1ccccc1Oc1cc(C)c(-n2ncc(C(=O)C3=Cc4cc(F)c(CS(C)(=O)=O)cc4C3)c2N)cn1. The second-order valence-electron chi connectivity index (χ2n) is 9.42. The fourth-order valence-corrected chi connectivity index (χ4v) is 5.22. The van der Waals surface area contributed by atoms with Gasteiger partial charge in [0.15, 0.2) is 15.6 Å². The van der Waals surface area contributed by atoms with Crippen LogP contribution in [-0.2, 0) is 22.0 Å². The highest BCUT2D eigenvalue weighted by atomic mass is 32.2. The molecule has 0 saturated carbocycles. The number of carbonyl (C=O) groups is 1. The predicted octanol–water partition coefficient (Wildman–Crippen LogP) is 4.76. The molecule has 0 bridgehead atoms. The second-order valence-corrected chi connectivity index (χ2v) is 11.6. The number of ketones is 1. The van der Waals surface area contributed by atoms with Gasteiger partial charge in [0.1, 0.15) is 17.4 Å². The fraction of sp³-hybridized carbons (Fsp3) is 0.179. The van der Waals surface area contributed by atoms with Gasteiger partial charge < -0.3 is 10.5 Å². The summed E-state index contributed by atoms with van der Waals surface area (Å²) < 4.78 is 45.1. The third-order valence-electron chi connectivity index (χ3n) is 6.37. The standard InChI is InChI=1S/C28H25FN4O4S/c1-16-6-4-5-7-25(16)37-26-8-17(2)24(14-31-26)33-28(30)22(13-32-33)27(34)20-9-18-11-21(15-38(3,35)36)23(29)12-19(18)10-20/h4-8,10-14H,9,15,30H2,1-3H3. The summed E-state index contributed by atoms with van der Waals surface area (Å²) >= 11 is 0. The van der Waals surface area contributed by atoms with E-state index in [-0.39, 0.29) is 29.1 Å². The number of anilines is 1. The van der Waals surface area contributed by atoms with Gasteiger partial charge in [-0.2, -0.15) is 5.10 Å². The number of nitrogens with zero attached hydrogens (tertiary/aromatic N) is 3. The van der Waals surface area contributed by atoms with E-state index in [1.165, 1.54) is 23.0 Å². The van der Waals surface area contributed by atoms with E-state index < -0.39 is 21.4 Å². The first-order valence-corrected chi connectivity index (χ1v) is 13.8. The number of para-hydroxylation sites is 1. The predicted molar refractivity (Wildman–Crippen MR) is 143 cm³/mol. The molecule has 4 aromatic rings. The maximum Gasteiger partial charge on any atom is 0.219 e. The van der Waals surface area contributed by atoms with Gasteiger partial charge in [0.25, 0.3) is 0 Å². The zero-order valence-corrected chi connectivity index (χ0v) is 21.8. The number of allylic oxidation sites excluding steroid dienone is 1. The molecule has 0 amide bonds. The summed E-state index contributed by atoms with van der Waals surface area (Å²) in [4.78, 5) is 17.7. The molecule has 194 valence electrons. The molecule has 2 aromatic carbocycles. The normalized spacial score (nSPS) is 12.8. The average Bonchev–Trinajstić information content (AvgIpc) is 3.43. The minimum absolute atomic E-state index is 0.0820. The number of aromatic nitrogens is 3. The molecule has 2 aromatic heterocycles. The van der Waals surface area contributed by atoms with Crippen LogP contribution < -0.4 is 10.5 Å². The van der Waals surface area contributed by atoms with E-state index in [2.05, 4.69) is 10.1 Å². The molecule has 1 aliphatic carbocycles. The van der Waals surface area contributed by atoms with Gasteiger partial charge in [0.2, 0.25) is 5.88 Å². The summed E-state index contributed by atoms with van der Waals surface area (Å²) in [5.41, 5.74) is 10.6. The van der Waals surface area contributed by atoms with Gasteiger partial charge in [0.05, 0.1) is 29.4 Å². The summed E-state index contributed by atoms with van der Waals surface area (Å²) in [6.45, 7) is 3.81. The van der Waals surface area contributed by atoms with Gasteiger partial charge in [-0.3, -0.25) is 4.79 Å². The van der Waals surface area contributed by atoms with Crippen molar-refractivity contribution in [2.45, 2.75) is 26.0 Å². The highest BCUT2D eigenvalue weighted by Crippen LogP contribution is 2.32. The monoisotopic (exact) mass is 532 g/mol. The summed E-state index contributed by atoms with van der Waals surface area (Å²) in [6, 6.07) is 12.2. The molecule has 0 spiro atoms. The van der Waals surface area contributed by atoms with Crippen LogP contribution in [-0.4, -0.2) is 35.2 Å². The number of hydrogen-bond donors (Lipinski definition) is 1. The van der Waals surface area contributed by atoms with Crippen molar-refractivity contribution >= 4 is 27.5 Å². The van der Waals surface area contributed by atoms with Gasteiger partial charge in [-0.05, 0) is 54.3 Å². The molecule has 0 fully saturated rings. The Bertz CT molecular complexity index is 1740. The van der Waals surface area contributed by atoms with Crippen molar-refractivity contribution in [1.82, 2.24) is 14.8 Å². The minimum Gasteiger partial charge on any atom is -0.439 e. The molecule has 0 aliphatic heterocycles.